The van der Waals surface area contributed by atoms with Crippen molar-refractivity contribution in [3.8, 4) is 5.75 Å². The molecule has 0 aliphatic rings. The van der Waals surface area contributed by atoms with Crippen molar-refractivity contribution in [2.24, 2.45) is 5.73 Å². The number of rotatable bonds is 8. The number of hydrogen-bond acceptors (Lipinski definition) is 3. The van der Waals surface area contributed by atoms with Crippen LogP contribution in [0.5, 0.6) is 5.75 Å². The minimum Gasteiger partial charge on any atom is -0.491 e. The summed E-state index contributed by atoms with van der Waals surface area (Å²) in [6, 6.07) is 5.81. The maximum atomic E-state index is 11.3. The fraction of sp³-hybridized carbons (Fsp3) is 0.533. The monoisotopic (exact) mass is 298 g/mol. The summed E-state index contributed by atoms with van der Waals surface area (Å²) in [5, 5.41) is 3.27. The van der Waals surface area contributed by atoms with Crippen LogP contribution in [0.15, 0.2) is 18.2 Å². The minimum absolute atomic E-state index is 0.0193. The van der Waals surface area contributed by atoms with Crippen LogP contribution in [0.25, 0.3) is 0 Å². The lowest BCUT2D eigenvalue weighted by molar-refractivity contribution is -0.121. The molecule has 1 atom stereocenters. The van der Waals surface area contributed by atoms with Gasteiger partial charge in [0, 0.05) is 12.6 Å². The maximum absolute atomic E-state index is 11.3. The fourth-order valence-corrected chi connectivity index (χ4v) is 2.03. The highest BCUT2D eigenvalue weighted by molar-refractivity contribution is 6.32. The molecule has 0 saturated carbocycles. The van der Waals surface area contributed by atoms with E-state index in [1.807, 2.05) is 25.1 Å². The molecule has 0 bridgehead atoms. The van der Waals surface area contributed by atoms with Gasteiger partial charge in [0.2, 0.25) is 5.91 Å². The van der Waals surface area contributed by atoms with Crippen LogP contribution >= 0.6 is 11.6 Å². The number of nitrogens with one attached hydrogen (secondary N) is 1. The molecule has 1 aromatic carbocycles. The molecule has 0 spiro atoms. The lowest BCUT2D eigenvalue weighted by atomic mass is 10.0. The standard InChI is InChI=1S/C15H23ClN2O2/c1-3-12(17)9-11-5-6-14(13(16)10-11)20-8-7-15(19)18-4-2/h5-6,10,12H,3-4,7-9,17H2,1-2H3,(H,18,19). The van der Waals surface area contributed by atoms with Crippen LogP contribution in [0.3, 0.4) is 0 Å². The molecule has 1 aromatic rings. The van der Waals surface area contributed by atoms with E-state index in [9.17, 15) is 4.79 Å². The number of amides is 1. The molecular weight excluding hydrogens is 276 g/mol. The second kappa shape index (κ2) is 8.82. The second-order valence-electron chi connectivity index (χ2n) is 4.69. The maximum Gasteiger partial charge on any atom is 0.223 e. The lowest BCUT2D eigenvalue weighted by Crippen LogP contribution is -2.24. The van der Waals surface area contributed by atoms with Crippen molar-refractivity contribution in [1.82, 2.24) is 5.32 Å². The van der Waals surface area contributed by atoms with Gasteiger partial charge in [0.25, 0.3) is 0 Å². The van der Waals surface area contributed by atoms with E-state index < -0.39 is 0 Å². The van der Waals surface area contributed by atoms with Crippen LogP contribution in [0.1, 0.15) is 32.3 Å². The van der Waals surface area contributed by atoms with Crippen LogP contribution in [-0.2, 0) is 11.2 Å². The van der Waals surface area contributed by atoms with Gasteiger partial charge in [-0.05, 0) is 37.5 Å². The normalized spacial score (nSPS) is 12.0. The van der Waals surface area contributed by atoms with E-state index in [0.717, 1.165) is 18.4 Å². The highest BCUT2D eigenvalue weighted by Gasteiger charge is 2.07. The van der Waals surface area contributed by atoms with Gasteiger partial charge in [-0.15, -0.1) is 0 Å². The molecule has 112 valence electrons. The Balaban J connectivity index is 2.49. The summed E-state index contributed by atoms with van der Waals surface area (Å²) < 4.78 is 5.52. The molecule has 1 rings (SSSR count). The zero-order chi connectivity index (χ0) is 15.0. The topological polar surface area (TPSA) is 64.3 Å². The molecule has 1 amide bonds. The van der Waals surface area contributed by atoms with Crippen molar-refractivity contribution in [2.75, 3.05) is 13.2 Å². The quantitative estimate of drug-likeness (QED) is 0.775. The van der Waals surface area contributed by atoms with Gasteiger partial charge in [0.1, 0.15) is 5.75 Å². The molecule has 5 heteroatoms. The zero-order valence-electron chi connectivity index (χ0n) is 12.1. The van der Waals surface area contributed by atoms with E-state index >= 15 is 0 Å². The van der Waals surface area contributed by atoms with Crippen LogP contribution in [0.4, 0.5) is 0 Å². The molecule has 1 unspecified atom stereocenters. The second-order valence-corrected chi connectivity index (χ2v) is 5.10. The summed E-state index contributed by atoms with van der Waals surface area (Å²) in [5.41, 5.74) is 7.01. The molecule has 0 aromatic heterocycles. The number of nitrogens with two attached hydrogens (primary N) is 1. The third-order valence-corrected chi connectivity index (χ3v) is 3.27. The predicted octanol–water partition coefficient (Wildman–Crippen LogP) is 2.52. The molecular formula is C15H23ClN2O2. The van der Waals surface area contributed by atoms with Gasteiger partial charge < -0.3 is 15.8 Å². The number of carbonyl (C=O) groups is 1. The molecule has 0 heterocycles. The van der Waals surface area contributed by atoms with Gasteiger partial charge in [-0.1, -0.05) is 24.6 Å². The smallest absolute Gasteiger partial charge is 0.223 e. The summed E-state index contributed by atoms with van der Waals surface area (Å²) in [4.78, 5) is 11.3. The molecule has 20 heavy (non-hydrogen) atoms. The largest absolute Gasteiger partial charge is 0.491 e. The summed E-state index contributed by atoms with van der Waals surface area (Å²) in [6.45, 7) is 4.89. The van der Waals surface area contributed by atoms with Crippen molar-refractivity contribution in [2.45, 2.75) is 39.2 Å². The molecule has 0 aliphatic carbocycles. The molecule has 0 aliphatic heterocycles. The first-order valence-electron chi connectivity index (χ1n) is 7.00. The Kier molecular flexibility index (Phi) is 7.41. The van der Waals surface area contributed by atoms with Gasteiger partial charge in [-0.3, -0.25) is 4.79 Å². The van der Waals surface area contributed by atoms with E-state index in [0.29, 0.717) is 30.3 Å². The Hall–Kier alpha value is -1.26. The van der Waals surface area contributed by atoms with E-state index in [1.165, 1.54) is 0 Å². The van der Waals surface area contributed by atoms with E-state index in [2.05, 4.69) is 12.2 Å². The average molecular weight is 299 g/mol. The minimum atomic E-state index is -0.0193. The molecule has 0 radical (unpaired) electrons. The Morgan fingerprint density at radius 1 is 1.45 bits per heavy atom. The molecule has 4 nitrogen and oxygen atoms in total. The average Bonchev–Trinajstić information content (AvgIpc) is 2.41. The Bertz CT molecular complexity index is 438. The van der Waals surface area contributed by atoms with Crippen LogP contribution < -0.4 is 15.8 Å². The SMILES string of the molecule is CCNC(=O)CCOc1ccc(CC(N)CC)cc1Cl. The van der Waals surface area contributed by atoms with Crippen molar-refractivity contribution >= 4 is 17.5 Å². The fourth-order valence-electron chi connectivity index (χ4n) is 1.77. The third kappa shape index (κ3) is 5.80. The highest BCUT2D eigenvalue weighted by Crippen LogP contribution is 2.26. The third-order valence-electron chi connectivity index (χ3n) is 2.98. The number of halogens is 1. The van der Waals surface area contributed by atoms with E-state index in [1.54, 1.807) is 0 Å². The van der Waals surface area contributed by atoms with Gasteiger partial charge in [0.05, 0.1) is 18.1 Å². The van der Waals surface area contributed by atoms with Crippen LogP contribution in [0.2, 0.25) is 5.02 Å². The van der Waals surface area contributed by atoms with E-state index in [4.69, 9.17) is 22.1 Å². The number of benzene rings is 1. The first-order valence-corrected chi connectivity index (χ1v) is 7.38. The van der Waals surface area contributed by atoms with Gasteiger partial charge in [-0.2, -0.15) is 0 Å². The summed E-state index contributed by atoms with van der Waals surface area (Å²) in [7, 11) is 0. The lowest BCUT2D eigenvalue weighted by Gasteiger charge is -2.12. The Morgan fingerprint density at radius 2 is 2.20 bits per heavy atom. The van der Waals surface area contributed by atoms with Crippen molar-refractivity contribution in [3.05, 3.63) is 28.8 Å². The van der Waals surface area contributed by atoms with Gasteiger partial charge in [-0.25, -0.2) is 0 Å². The molecule has 3 N–H and O–H groups in total. The zero-order valence-corrected chi connectivity index (χ0v) is 12.9. The molecule has 0 saturated heterocycles. The predicted molar refractivity (Wildman–Crippen MR) is 82.2 cm³/mol. The van der Waals surface area contributed by atoms with Crippen LogP contribution in [0, 0.1) is 0 Å². The summed E-state index contributed by atoms with van der Waals surface area (Å²) in [6.07, 6.45) is 2.06. The first-order chi connectivity index (χ1) is 9.56. The van der Waals surface area contributed by atoms with Gasteiger partial charge in [0.15, 0.2) is 0 Å². The Labute approximate surface area is 125 Å². The molecule has 0 fully saturated rings. The van der Waals surface area contributed by atoms with Crippen molar-refractivity contribution in [1.29, 1.82) is 0 Å². The number of carbonyl (C=O) groups excluding carboxylic acids is 1. The highest BCUT2D eigenvalue weighted by atomic mass is 35.5. The van der Waals surface area contributed by atoms with Gasteiger partial charge >= 0.3 is 0 Å². The van der Waals surface area contributed by atoms with E-state index in [-0.39, 0.29) is 11.9 Å². The first kappa shape index (κ1) is 16.8. The summed E-state index contributed by atoms with van der Waals surface area (Å²) >= 11 is 6.17. The number of hydrogen-bond donors (Lipinski definition) is 2. The summed E-state index contributed by atoms with van der Waals surface area (Å²) in [5.74, 6) is 0.582. The number of ether oxygens (including phenoxy) is 1. The van der Waals surface area contributed by atoms with Crippen molar-refractivity contribution in [3.63, 3.8) is 0 Å². The Morgan fingerprint density at radius 3 is 2.80 bits per heavy atom. The van der Waals surface area contributed by atoms with Crippen LogP contribution in [-0.4, -0.2) is 25.1 Å². The van der Waals surface area contributed by atoms with Crippen molar-refractivity contribution < 1.29 is 9.53 Å².